The fraction of sp³-hybridized carbons (Fsp3) is 0.385. The van der Waals surface area contributed by atoms with Gasteiger partial charge in [0.1, 0.15) is 17.3 Å². The van der Waals surface area contributed by atoms with E-state index in [-0.39, 0.29) is 23.7 Å². The highest BCUT2D eigenvalue weighted by atomic mass is 19.1. The molecule has 0 saturated carbocycles. The van der Waals surface area contributed by atoms with Gasteiger partial charge in [0.25, 0.3) is 0 Å². The largest absolute Gasteiger partial charge is 0.439 e. The van der Waals surface area contributed by atoms with Gasteiger partial charge in [0.15, 0.2) is 0 Å². The van der Waals surface area contributed by atoms with Crippen molar-refractivity contribution in [2.24, 2.45) is 13.0 Å². The molecule has 1 aromatic heterocycles. The molecule has 0 radical (unpaired) electrons. The molecule has 1 saturated heterocycles. The highest BCUT2D eigenvalue weighted by molar-refractivity contribution is 5.78. The zero-order valence-corrected chi connectivity index (χ0v) is 19.3. The Bertz CT molecular complexity index is 1070. The Morgan fingerprint density at radius 1 is 1.21 bits per heavy atom. The molecule has 0 bridgehead atoms. The zero-order chi connectivity index (χ0) is 23.4. The summed E-state index contributed by atoms with van der Waals surface area (Å²) >= 11 is 0. The van der Waals surface area contributed by atoms with Gasteiger partial charge in [0, 0.05) is 31.7 Å². The third-order valence-corrected chi connectivity index (χ3v) is 5.77. The van der Waals surface area contributed by atoms with Crippen LogP contribution in [0.2, 0.25) is 0 Å². The lowest BCUT2D eigenvalue weighted by molar-refractivity contribution is -0.136. The number of rotatable bonds is 8. The minimum Gasteiger partial charge on any atom is -0.439 e. The van der Waals surface area contributed by atoms with Crippen molar-refractivity contribution in [3.05, 3.63) is 66.0 Å². The van der Waals surface area contributed by atoms with Gasteiger partial charge in [-0.3, -0.25) is 4.79 Å². The monoisotopic (exact) mass is 451 g/mol. The van der Waals surface area contributed by atoms with Crippen LogP contribution in [0, 0.1) is 11.7 Å². The van der Waals surface area contributed by atoms with Gasteiger partial charge in [-0.25, -0.2) is 9.07 Å². The third-order valence-electron chi connectivity index (χ3n) is 5.77. The van der Waals surface area contributed by atoms with Crippen LogP contribution in [-0.4, -0.2) is 39.8 Å². The lowest BCUT2D eigenvalue weighted by Crippen LogP contribution is -2.39. The maximum absolute atomic E-state index is 13.4. The first-order chi connectivity index (χ1) is 15.9. The topological polar surface area (TPSA) is 56.6 Å². The van der Waals surface area contributed by atoms with Gasteiger partial charge in [-0.1, -0.05) is 44.2 Å². The lowest BCUT2D eigenvalue weighted by Gasteiger charge is -2.27. The predicted molar refractivity (Wildman–Crippen MR) is 124 cm³/mol. The minimum atomic E-state index is -0.331. The highest BCUT2D eigenvalue weighted by Gasteiger charge is 2.28. The summed E-state index contributed by atoms with van der Waals surface area (Å²) in [5.41, 5.74) is 2.50. The number of ether oxygens (including phenoxy) is 2. The molecule has 0 unspecified atom stereocenters. The van der Waals surface area contributed by atoms with Crippen molar-refractivity contribution in [3.8, 4) is 22.9 Å². The van der Waals surface area contributed by atoms with Crippen LogP contribution in [0.1, 0.15) is 32.3 Å². The quantitative estimate of drug-likeness (QED) is 0.473. The van der Waals surface area contributed by atoms with E-state index in [9.17, 15) is 9.18 Å². The highest BCUT2D eigenvalue weighted by Crippen LogP contribution is 2.34. The number of aromatic nitrogens is 2. The molecule has 1 aliphatic heterocycles. The lowest BCUT2D eigenvalue weighted by atomic mass is 10.1. The molecule has 1 fully saturated rings. The molecule has 1 aliphatic rings. The first-order valence-electron chi connectivity index (χ1n) is 11.4. The summed E-state index contributed by atoms with van der Waals surface area (Å²) in [6.07, 6.45) is 1.99. The van der Waals surface area contributed by atoms with E-state index in [1.807, 2.05) is 56.1 Å². The standard InChI is InChI=1S/C26H30FN3O3/c1-18(2)25(31)30(16-22-10-7-15-32-22)17-23-24(19-8-5-4-6-9-19)28-29(3)26(23)33-21-13-11-20(27)12-14-21/h4-6,8-9,11-14,18,22H,7,10,15-17H2,1-3H3/t22-/m0/s1. The average Bonchev–Trinajstić information content (AvgIpc) is 3.43. The van der Waals surface area contributed by atoms with Gasteiger partial charge in [0.05, 0.1) is 18.2 Å². The molecule has 1 amide bonds. The Morgan fingerprint density at radius 2 is 1.94 bits per heavy atom. The van der Waals surface area contributed by atoms with Crippen LogP contribution in [0.15, 0.2) is 54.6 Å². The minimum absolute atomic E-state index is 0.0333. The fourth-order valence-corrected chi connectivity index (χ4v) is 4.09. The molecule has 2 aromatic carbocycles. The second-order valence-corrected chi connectivity index (χ2v) is 8.69. The predicted octanol–water partition coefficient (Wildman–Crippen LogP) is 5.18. The molecule has 2 heterocycles. The number of halogens is 1. The van der Waals surface area contributed by atoms with E-state index in [0.29, 0.717) is 24.7 Å². The van der Waals surface area contributed by atoms with Crippen LogP contribution in [-0.2, 0) is 23.1 Å². The molecule has 0 aliphatic carbocycles. The van der Waals surface area contributed by atoms with E-state index in [1.165, 1.54) is 12.1 Å². The first kappa shape index (κ1) is 23.0. The van der Waals surface area contributed by atoms with Crippen LogP contribution >= 0.6 is 0 Å². The third kappa shape index (κ3) is 5.42. The number of carbonyl (C=O) groups is 1. The Hall–Kier alpha value is -3.19. The van der Waals surface area contributed by atoms with Crippen LogP contribution in [0.3, 0.4) is 0 Å². The molecule has 174 valence electrons. The molecular weight excluding hydrogens is 421 g/mol. The summed E-state index contributed by atoms with van der Waals surface area (Å²) < 4.78 is 27.1. The second-order valence-electron chi connectivity index (χ2n) is 8.69. The number of amides is 1. The Labute approximate surface area is 193 Å². The Kier molecular flexibility index (Phi) is 7.08. The van der Waals surface area contributed by atoms with Gasteiger partial charge in [0.2, 0.25) is 11.8 Å². The molecule has 7 heteroatoms. The molecule has 0 spiro atoms. The van der Waals surface area contributed by atoms with Gasteiger partial charge < -0.3 is 14.4 Å². The molecule has 6 nitrogen and oxygen atoms in total. The second kappa shape index (κ2) is 10.2. The number of aryl methyl sites for hydroxylation is 1. The van der Waals surface area contributed by atoms with Crippen LogP contribution in [0.5, 0.6) is 11.6 Å². The molecule has 3 aromatic rings. The average molecular weight is 452 g/mol. The van der Waals surface area contributed by atoms with Crippen LogP contribution < -0.4 is 4.74 Å². The number of nitrogens with zero attached hydrogens (tertiary/aromatic N) is 3. The summed E-state index contributed by atoms with van der Waals surface area (Å²) in [4.78, 5) is 15.0. The van der Waals surface area contributed by atoms with Crippen molar-refractivity contribution in [2.75, 3.05) is 13.2 Å². The van der Waals surface area contributed by atoms with E-state index >= 15 is 0 Å². The summed E-state index contributed by atoms with van der Waals surface area (Å²) in [5, 5.41) is 4.73. The molecule has 0 N–H and O–H groups in total. The van der Waals surface area contributed by atoms with Crippen LogP contribution in [0.25, 0.3) is 11.3 Å². The van der Waals surface area contributed by atoms with Crippen molar-refractivity contribution in [1.82, 2.24) is 14.7 Å². The zero-order valence-electron chi connectivity index (χ0n) is 19.3. The molecule has 33 heavy (non-hydrogen) atoms. The molecule has 1 atom stereocenters. The summed E-state index contributed by atoms with van der Waals surface area (Å²) in [6, 6.07) is 15.7. The van der Waals surface area contributed by atoms with Gasteiger partial charge in [-0.05, 0) is 37.1 Å². The van der Waals surface area contributed by atoms with Crippen molar-refractivity contribution in [3.63, 3.8) is 0 Å². The Balaban J connectivity index is 1.73. The van der Waals surface area contributed by atoms with Crippen molar-refractivity contribution in [1.29, 1.82) is 0 Å². The fourth-order valence-electron chi connectivity index (χ4n) is 4.09. The molecular formula is C26H30FN3O3. The molecule has 4 rings (SSSR count). The number of hydrogen-bond acceptors (Lipinski definition) is 4. The van der Waals surface area contributed by atoms with Gasteiger partial charge in [-0.15, -0.1) is 0 Å². The van der Waals surface area contributed by atoms with Gasteiger partial charge >= 0.3 is 0 Å². The van der Waals surface area contributed by atoms with Crippen molar-refractivity contribution >= 4 is 5.91 Å². The van der Waals surface area contributed by atoms with Crippen LogP contribution in [0.4, 0.5) is 4.39 Å². The van der Waals surface area contributed by atoms with E-state index < -0.39 is 0 Å². The Morgan fingerprint density at radius 3 is 2.58 bits per heavy atom. The summed E-state index contributed by atoms with van der Waals surface area (Å²) in [5.74, 6) is 0.601. The van der Waals surface area contributed by atoms with E-state index in [2.05, 4.69) is 0 Å². The van der Waals surface area contributed by atoms with Crippen molar-refractivity contribution < 1.29 is 18.7 Å². The van der Waals surface area contributed by atoms with Crippen molar-refractivity contribution in [2.45, 2.75) is 39.3 Å². The number of carbonyl (C=O) groups excluding carboxylic acids is 1. The SMILES string of the molecule is CC(C)C(=O)N(Cc1c(-c2ccccc2)nn(C)c1Oc1ccc(F)cc1)C[C@@H]1CCCO1. The van der Waals surface area contributed by atoms with E-state index in [1.54, 1.807) is 16.8 Å². The van der Waals surface area contributed by atoms with E-state index in [4.69, 9.17) is 14.6 Å². The van der Waals surface area contributed by atoms with E-state index in [0.717, 1.165) is 36.3 Å². The maximum atomic E-state index is 13.4. The maximum Gasteiger partial charge on any atom is 0.225 e. The summed E-state index contributed by atoms with van der Waals surface area (Å²) in [7, 11) is 1.81. The number of benzene rings is 2. The van der Waals surface area contributed by atoms with Gasteiger partial charge in [-0.2, -0.15) is 5.10 Å². The smallest absolute Gasteiger partial charge is 0.225 e. The number of hydrogen-bond donors (Lipinski definition) is 0. The first-order valence-corrected chi connectivity index (χ1v) is 11.4. The normalized spacial score (nSPS) is 15.7. The summed E-state index contributed by atoms with van der Waals surface area (Å²) in [6.45, 7) is 5.40.